The SMILES string of the molecule is CO[C@H]1C[C@H]2OC[C@@]2(OC(C)=O)[C@H]2[C@H](OC(=O)c3ccccc3)[C@]3(O)C[C@H](OC(=O)[C@H](O)[C@@H](NC(=O)OC(C)(C)C)c4ccccc4)C(C)=C(C3C(C)C)[C@@H](C)C(=O)[C@]12C. The zero-order valence-corrected chi connectivity index (χ0v) is 36.1. The van der Waals surface area contributed by atoms with Crippen molar-refractivity contribution in [3.63, 3.8) is 0 Å². The molecule has 2 aromatic carbocycles. The number of nitrogens with one attached hydrogen (secondary N) is 1. The standard InChI is InChI=1S/C46H59NO13/c1-24(2)34-33-25(3)30(57-41(52)36(49)35(28-17-13-11-14-18-28)47-42(53)60-43(6,7)8)22-45(34,54)39(58-40(51)29-19-15-12-16-20-29)37-44(9,38(50)26(33)4)31(55-10)21-32-46(37,23-56-32)59-27(5)48/h11-20,24,26,30-32,34-37,39,49,54H,21-23H2,1-10H3,(H,47,53)/t26-,30+,31+,32-,34?,35+,36-,37+,39+,44-,45+,46+/m1/s1. The number of rotatable bonds is 10. The zero-order chi connectivity index (χ0) is 44.1. The molecule has 12 atom stereocenters. The van der Waals surface area contributed by atoms with Gasteiger partial charge in [0.1, 0.15) is 35.3 Å². The molecule has 60 heavy (non-hydrogen) atoms. The highest BCUT2D eigenvalue weighted by molar-refractivity contribution is 5.92. The molecule has 14 nitrogen and oxygen atoms in total. The minimum absolute atomic E-state index is 0.144. The van der Waals surface area contributed by atoms with Crippen molar-refractivity contribution in [1.29, 1.82) is 0 Å². The number of carbonyl (C=O) groups is 5. The third-order valence-corrected chi connectivity index (χ3v) is 13.0. The Balaban J connectivity index is 1.51. The molecule has 1 unspecified atom stereocenters. The predicted octanol–water partition coefficient (Wildman–Crippen LogP) is 5.43. The Morgan fingerprint density at radius 3 is 2.13 bits per heavy atom. The van der Waals surface area contributed by atoms with Gasteiger partial charge in [0.2, 0.25) is 0 Å². The zero-order valence-electron chi connectivity index (χ0n) is 36.1. The maximum absolute atomic E-state index is 15.5. The molecule has 1 amide bonds. The molecular weight excluding hydrogens is 774 g/mol. The summed E-state index contributed by atoms with van der Waals surface area (Å²) >= 11 is 0. The lowest BCUT2D eigenvalue weighted by Gasteiger charge is -2.67. The molecule has 1 heterocycles. The molecule has 3 N–H and O–H groups in total. The number of hydrogen-bond acceptors (Lipinski definition) is 13. The lowest BCUT2D eigenvalue weighted by molar-refractivity contribution is -0.345. The second kappa shape index (κ2) is 16.7. The third-order valence-electron chi connectivity index (χ3n) is 13.0. The van der Waals surface area contributed by atoms with Crippen molar-refractivity contribution in [3.05, 3.63) is 82.9 Å². The number of carbonyl (C=O) groups excluding carboxylic acids is 5. The van der Waals surface area contributed by atoms with Crippen LogP contribution in [0.15, 0.2) is 71.8 Å². The molecular formula is C46H59NO13. The molecule has 2 bridgehead atoms. The summed E-state index contributed by atoms with van der Waals surface area (Å²) in [4.78, 5) is 70.1. The van der Waals surface area contributed by atoms with Gasteiger partial charge in [0.05, 0.1) is 35.6 Å². The molecule has 4 aliphatic rings. The molecule has 3 fully saturated rings. The first-order valence-electron chi connectivity index (χ1n) is 20.6. The fourth-order valence-electron chi connectivity index (χ4n) is 10.6. The summed E-state index contributed by atoms with van der Waals surface area (Å²) < 4.78 is 36.5. The van der Waals surface area contributed by atoms with Crippen molar-refractivity contribution in [1.82, 2.24) is 5.32 Å². The molecule has 0 radical (unpaired) electrons. The van der Waals surface area contributed by atoms with Crippen LogP contribution in [-0.4, -0.2) is 101 Å². The summed E-state index contributed by atoms with van der Waals surface area (Å²) in [5.41, 5.74) is -4.50. The summed E-state index contributed by atoms with van der Waals surface area (Å²) in [5.74, 6) is -6.25. The summed E-state index contributed by atoms with van der Waals surface area (Å²) in [6, 6.07) is 15.3. The van der Waals surface area contributed by atoms with Gasteiger partial charge in [-0.1, -0.05) is 74.9 Å². The van der Waals surface area contributed by atoms with Gasteiger partial charge in [-0.3, -0.25) is 9.59 Å². The van der Waals surface area contributed by atoms with Gasteiger partial charge in [0, 0.05) is 38.7 Å². The highest BCUT2D eigenvalue weighted by Crippen LogP contribution is 2.63. The molecule has 326 valence electrons. The van der Waals surface area contributed by atoms with E-state index in [0.29, 0.717) is 16.7 Å². The first-order chi connectivity index (χ1) is 28.1. The van der Waals surface area contributed by atoms with E-state index in [1.165, 1.54) is 14.0 Å². The highest BCUT2D eigenvalue weighted by Gasteiger charge is 2.77. The van der Waals surface area contributed by atoms with Crippen molar-refractivity contribution in [2.24, 2.45) is 29.1 Å². The third kappa shape index (κ3) is 7.87. The molecule has 14 heteroatoms. The number of ketones is 1. The largest absolute Gasteiger partial charge is 0.456 e. The fraction of sp³-hybridized carbons (Fsp3) is 0.587. The minimum Gasteiger partial charge on any atom is -0.456 e. The number of methoxy groups -OCH3 is 1. The Morgan fingerprint density at radius 1 is 0.983 bits per heavy atom. The lowest BCUT2D eigenvalue weighted by Crippen LogP contribution is -2.81. The maximum atomic E-state index is 15.5. The highest BCUT2D eigenvalue weighted by atomic mass is 16.6. The van der Waals surface area contributed by atoms with Crippen LogP contribution in [0.4, 0.5) is 4.79 Å². The van der Waals surface area contributed by atoms with Gasteiger partial charge in [-0.15, -0.1) is 0 Å². The number of esters is 3. The predicted molar refractivity (Wildman–Crippen MR) is 216 cm³/mol. The van der Waals surface area contributed by atoms with Gasteiger partial charge in [-0.25, -0.2) is 14.4 Å². The summed E-state index contributed by atoms with van der Waals surface area (Å²) in [7, 11) is 1.48. The topological polar surface area (TPSA) is 193 Å². The van der Waals surface area contributed by atoms with E-state index in [-0.39, 0.29) is 36.7 Å². The minimum atomic E-state index is -2.10. The molecule has 6 rings (SSSR count). The number of aliphatic hydroxyl groups excluding tert-OH is 1. The first-order valence-corrected chi connectivity index (χ1v) is 20.6. The van der Waals surface area contributed by atoms with E-state index in [2.05, 4.69) is 5.32 Å². The van der Waals surface area contributed by atoms with Crippen LogP contribution in [0.2, 0.25) is 0 Å². The van der Waals surface area contributed by atoms with E-state index in [9.17, 15) is 29.4 Å². The number of benzene rings is 2. The Kier molecular flexibility index (Phi) is 12.5. The molecule has 1 saturated heterocycles. The number of fused-ring (bicyclic) bond motifs is 5. The van der Waals surface area contributed by atoms with Gasteiger partial charge in [-0.05, 0) is 63.8 Å². The Morgan fingerprint density at radius 2 is 1.60 bits per heavy atom. The number of hydrogen-bond donors (Lipinski definition) is 3. The summed E-state index contributed by atoms with van der Waals surface area (Å²) in [6.45, 7) is 15.1. The van der Waals surface area contributed by atoms with Crippen LogP contribution in [-0.2, 0) is 42.8 Å². The Hall–Kier alpha value is -4.63. The summed E-state index contributed by atoms with van der Waals surface area (Å²) in [5, 5.41) is 28.1. The molecule has 3 aliphatic carbocycles. The van der Waals surface area contributed by atoms with Crippen molar-refractivity contribution in [2.75, 3.05) is 13.7 Å². The average molecular weight is 834 g/mol. The number of amides is 1. The van der Waals surface area contributed by atoms with Crippen LogP contribution in [0.1, 0.15) is 97.1 Å². The molecule has 1 aliphatic heterocycles. The quantitative estimate of drug-likeness (QED) is 0.156. The van der Waals surface area contributed by atoms with Crippen LogP contribution in [0.5, 0.6) is 0 Å². The van der Waals surface area contributed by atoms with Crippen LogP contribution in [0.3, 0.4) is 0 Å². The van der Waals surface area contributed by atoms with E-state index in [1.807, 2.05) is 13.8 Å². The molecule has 0 spiro atoms. The molecule has 2 aromatic rings. The number of Topliss-reactive ketones (excluding diaryl/α,β-unsaturated/α-hetero) is 1. The lowest BCUT2D eigenvalue weighted by atomic mass is 9.45. The second-order valence-electron chi connectivity index (χ2n) is 18.3. The van der Waals surface area contributed by atoms with Crippen LogP contribution in [0, 0.1) is 29.1 Å². The van der Waals surface area contributed by atoms with E-state index in [4.69, 9.17) is 28.4 Å². The number of aliphatic hydroxyl groups is 2. The monoisotopic (exact) mass is 833 g/mol. The van der Waals surface area contributed by atoms with Crippen molar-refractivity contribution in [3.8, 4) is 0 Å². The van der Waals surface area contributed by atoms with Crippen LogP contribution in [0.25, 0.3) is 0 Å². The van der Waals surface area contributed by atoms with Crippen LogP contribution >= 0.6 is 0 Å². The fourth-order valence-corrected chi connectivity index (χ4v) is 10.6. The van der Waals surface area contributed by atoms with Crippen molar-refractivity contribution >= 4 is 29.8 Å². The Bertz CT molecular complexity index is 1990. The molecule has 2 saturated carbocycles. The van der Waals surface area contributed by atoms with E-state index < -0.39 is 101 Å². The van der Waals surface area contributed by atoms with Crippen LogP contribution < -0.4 is 5.32 Å². The number of ether oxygens (including phenoxy) is 6. The maximum Gasteiger partial charge on any atom is 0.408 e. The van der Waals surface area contributed by atoms with Gasteiger partial charge in [0.25, 0.3) is 0 Å². The van der Waals surface area contributed by atoms with E-state index >= 15 is 4.79 Å². The van der Waals surface area contributed by atoms with Crippen molar-refractivity contribution in [2.45, 2.75) is 129 Å². The average Bonchev–Trinajstić information content (AvgIpc) is 3.18. The van der Waals surface area contributed by atoms with Gasteiger partial charge in [-0.2, -0.15) is 0 Å². The van der Waals surface area contributed by atoms with E-state index in [1.54, 1.807) is 102 Å². The molecule has 0 aromatic heterocycles. The normalized spacial score (nSPS) is 33.4. The van der Waals surface area contributed by atoms with Gasteiger partial charge in [0.15, 0.2) is 11.7 Å². The Labute approximate surface area is 351 Å². The second-order valence-corrected chi connectivity index (χ2v) is 18.3. The van der Waals surface area contributed by atoms with Crippen molar-refractivity contribution < 1.29 is 62.6 Å². The van der Waals surface area contributed by atoms with Gasteiger partial charge < -0.3 is 44.0 Å². The first kappa shape index (κ1) is 44.9. The summed E-state index contributed by atoms with van der Waals surface area (Å²) in [6.07, 6.45) is -7.45. The number of alkyl carbamates (subject to hydrolysis) is 1. The van der Waals surface area contributed by atoms with Gasteiger partial charge >= 0.3 is 24.0 Å². The van der Waals surface area contributed by atoms with E-state index in [0.717, 1.165) is 0 Å². The smallest absolute Gasteiger partial charge is 0.408 e.